The summed E-state index contributed by atoms with van der Waals surface area (Å²) in [5.74, 6) is 0. The van der Waals surface area contributed by atoms with Gasteiger partial charge < -0.3 is 15.0 Å². The molecule has 0 spiro atoms. The monoisotopic (exact) mass is 208 g/mol. The normalized spacial score (nSPS) is 10.1. The lowest BCUT2D eigenvalue weighted by atomic mass is 10.2. The first-order chi connectivity index (χ1) is 7.29. The van der Waals surface area contributed by atoms with Crippen LogP contribution in [-0.2, 0) is 4.74 Å². The van der Waals surface area contributed by atoms with Crippen molar-refractivity contribution in [1.82, 2.24) is 0 Å². The molecule has 15 heavy (non-hydrogen) atoms. The molecule has 0 aliphatic rings. The number of hydrogen-bond acceptors (Lipinski definition) is 3. The Balaban J connectivity index is 2.72. The molecule has 3 nitrogen and oxygen atoms in total. The van der Waals surface area contributed by atoms with E-state index in [0.29, 0.717) is 0 Å². The molecule has 84 valence electrons. The molecule has 0 saturated carbocycles. The van der Waals surface area contributed by atoms with Crippen LogP contribution >= 0.6 is 0 Å². The summed E-state index contributed by atoms with van der Waals surface area (Å²) in [6.45, 7) is 4.69. The minimum Gasteiger partial charge on any atom is -0.384 e. The van der Waals surface area contributed by atoms with Crippen LogP contribution < -0.4 is 10.2 Å². The van der Waals surface area contributed by atoms with Gasteiger partial charge in [-0.25, -0.2) is 0 Å². The lowest BCUT2D eigenvalue weighted by Gasteiger charge is -2.22. The van der Waals surface area contributed by atoms with Crippen molar-refractivity contribution < 1.29 is 4.74 Å². The number of benzene rings is 1. The van der Waals surface area contributed by atoms with E-state index in [9.17, 15) is 0 Å². The Bertz CT molecular complexity index is 289. The lowest BCUT2D eigenvalue weighted by molar-refractivity contribution is 0.206. The summed E-state index contributed by atoms with van der Waals surface area (Å²) in [6.07, 6.45) is 0. The molecule has 0 aromatic heterocycles. The Morgan fingerprint density at radius 3 is 2.73 bits per heavy atom. The maximum Gasteiger partial charge on any atom is 0.0637 e. The summed E-state index contributed by atoms with van der Waals surface area (Å²) < 4.78 is 5.07. The van der Waals surface area contributed by atoms with Crippen molar-refractivity contribution >= 4 is 11.4 Å². The molecule has 0 aliphatic heterocycles. The first-order valence-electron chi connectivity index (χ1n) is 5.32. The van der Waals surface area contributed by atoms with Crippen LogP contribution in [0.5, 0.6) is 0 Å². The zero-order chi connectivity index (χ0) is 11.1. The van der Waals surface area contributed by atoms with Gasteiger partial charge in [0.15, 0.2) is 0 Å². The van der Waals surface area contributed by atoms with E-state index in [0.717, 1.165) is 19.7 Å². The molecule has 0 fully saturated rings. The quantitative estimate of drug-likeness (QED) is 0.775. The van der Waals surface area contributed by atoms with E-state index in [4.69, 9.17) is 4.74 Å². The summed E-state index contributed by atoms with van der Waals surface area (Å²) in [6, 6.07) is 8.32. The molecule has 0 atom stereocenters. The summed E-state index contributed by atoms with van der Waals surface area (Å²) >= 11 is 0. The van der Waals surface area contributed by atoms with Crippen molar-refractivity contribution in [3.05, 3.63) is 24.3 Å². The van der Waals surface area contributed by atoms with Gasteiger partial charge in [-0.1, -0.05) is 12.1 Å². The number of anilines is 2. The number of likely N-dealkylation sites (N-methyl/N-ethyl adjacent to an activating group) is 1. The Labute approximate surface area is 92.0 Å². The average Bonchev–Trinajstić information content (AvgIpc) is 2.27. The van der Waals surface area contributed by atoms with Crippen LogP contribution in [0, 0.1) is 0 Å². The summed E-state index contributed by atoms with van der Waals surface area (Å²) in [7, 11) is 3.80. The highest BCUT2D eigenvalue weighted by Crippen LogP contribution is 2.23. The van der Waals surface area contributed by atoms with Crippen molar-refractivity contribution in [3.63, 3.8) is 0 Å². The van der Waals surface area contributed by atoms with E-state index in [1.54, 1.807) is 7.11 Å². The van der Waals surface area contributed by atoms with Crippen LogP contribution in [0.1, 0.15) is 6.92 Å². The zero-order valence-corrected chi connectivity index (χ0v) is 9.79. The lowest BCUT2D eigenvalue weighted by Crippen LogP contribution is -2.23. The Kier molecular flexibility index (Phi) is 4.98. The number of para-hydroxylation sites is 2. The van der Waals surface area contributed by atoms with Crippen LogP contribution in [0.25, 0.3) is 0 Å². The van der Waals surface area contributed by atoms with Crippen molar-refractivity contribution in [2.75, 3.05) is 44.1 Å². The van der Waals surface area contributed by atoms with Crippen LogP contribution in [0.15, 0.2) is 24.3 Å². The van der Waals surface area contributed by atoms with E-state index in [-0.39, 0.29) is 0 Å². The molecule has 0 unspecified atom stereocenters. The molecular formula is C12H20N2O. The molecule has 0 bridgehead atoms. The molecule has 0 saturated heterocycles. The summed E-state index contributed by atoms with van der Waals surface area (Å²) in [5.41, 5.74) is 2.40. The molecule has 0 amide bonds. The summed E-state index contributed by atoms with van der Waals surface area (Å²) in [4.78, 5) is 2.20. The molecule has 0 heterocycles. The van der Waals surface area contributed by atoms with Gasteiger partial charge in [-0.15, -0.1) is 0 Å². The number of hydrogen-bond donors (Lipinski definition) is 1. The van der Waals surface area contributed by atoms with E-state index in [2.05, 4.69) is 42.4 Å². The number of methoxy groups -OCH3 is 1. The van der Waals surface area contributed by atoms with Gasteiger partial charge in [0.05, 0.1) is 18.0 Å². The second-order valence-electron chi connectivity index (χ2n) is 3.46. The maximum absolute atomic E-state index is 5.07. The van der Waals surface area contributed by atoms with E-state index in [1.165, 1.54) is 11.4 Å². The van der Waals surface area contributed by atoms with Gasteiger partial charge in [0, 0.05) is 27.2 Å². The minimum absolute atomic E-state index is 0.747. The molecule has 0 aliphatic carbocycles. The van der Waals surface area contributed by atoms with E-state index in [1.807, 2.05) is 6.07 Å². The van der Waals surface area contributed by atoms with Gasteiger partial charge in [0.25, 0.3) is 0 Å². The standard InChI is InChI=1S/C12H20N2O/c1-4-13-11-7-5-6-8-12(11)14(2)9-10-15-3/h5-8,13H,4,9-10H2,1-3H3. The molecular weight excluding hydrogens is 188 g/mol. The van der Waals surface area contributed by atoms with Gasteiger partial charge in [0.2, 0.25) is 0 Å². The molecule has 1 rings (SSSR count). The fourth-order valence-corrected chi connectivity index (χ4v) is 1.50. The Morgan fingerprint density at radius 2 is 2.07 bits per heavy atom. The Hall–Kier alpha value is -1.22. The van der Waals surface area contributed by atoms with Gasteiger partial charge in [-0.3, -0.25) is 0 Å². The van der Waals surface area contributed by atoms with Gasteiger partial charge in [-0.2, -0.15) is 0 Å². The summed E-state index contributed by atoms with van der Waals surface area (Å²) in [5, 5.41) is 3.35. The van der Waals surface area contributed by atoms with Crippen LogP contribution in [0.4, 0.5) is 11.4 Å². The molecule has 1 N–H and O–H groups in total. The predicted molar refractivity (Wildman–Crippen MR) is 65.8 cm³/mol. The molecule has 1 aromatic rings. The third-order valence-electron chi connectivity index (χ3n) is 2.31. The maximum atomic E-state index is 5.07. The highest BCUT2D eigenvalue weighted by atomic mass is 16.5. The van der Waals surface area contributed by atoms with Crippen molar-refractivity contribution in [3.8, 4) is 0 Å². The van der Waals surface area contributed by atoms with E-state index >= 15 is 0 Å². The highest BCUT2D eigenvalue weighted by Gasteiger charge is 2.04. The smallest absolute Gasteiger partial charge is 0.0637 e. The third-order valence-corrected chi connectivity index (χ3v) is 2.31. The minimum atomic E-state index is 0.747. The SMILES string of the molecule is CCNc1ccccc1N(C)CCOC. The molecule has 3 heteroatoms. The van der Waals surface area contributed by atoms with E-state index < -0.39 is 0 Å². The Morgan fingerprint density at radius 1 is 1.33 bits per heavy atom. The average molecular weight is 208 g/mol. The largest absolute Gasteiger partial charge is 0.384 e. The number of rotatable bonds is 6. The van der Waals surface area contributed by atoms with Crippen molar-refractivity contribution in [2.24, 2.45) is 0 Å². The number of nitrogens with one attached hydrogen (secondary N) is 1. The second-order valence-corrected chi connectivity index (χ2v) is 3.46. The third kappa shape index (κ3) is 3.44. The van der Waals surface area contributed by atoms with Crippen molar-refractivity contribution in [1.29, 1.82) is 0 Å². The van der Waals surface area contributed by atoms with Crippen LogP contribution in [-0.4, -0.2) is 33.9 Å². The second kappa shape index (κ2) is 6.30. The fraction of sp³-hybridized carbons (Fsp3) is 0.500. The van der Waals surface area contributed by atoms with Crippen molar-refractivity contribution in [2.45, 2.75) is 6.92 Å². The number of ether oxygens (including phenoxy) is 1. The zero-order valence-electron chi connectivity index (χ0n) is 9.79. The first-order valence-corrected chi connectivity index (χ1v) is 5.32. The van der Waals surface area contributed by atoms with Gasteiger partial charge >= 0.3 is 0 Å². The molecule has 0 radical (unpaired) electrons. The van der Waals surface area contributed by atoms with Gasteiger partial charge in [-0.05, 0) is 19.1 Å². The van der Waals surface area contributed by atoms with Gasteiger partial charge in [0.1, 0.15) is 0 Å². The highest BCUT2D eigenvalue weighted by molar-refractivity contribution is 5.69. The van der Waals surface area contributed by atoms with Crippen LogP contribution in [0.2, 0.25) is 0 Å². The molecule has 1 aromatic carbocycles. The van der Waals surface area contributed by atoms with Crippen LogP contribution in [0.3, 0.4) is 0 Å². The first kappa shape index (κ1) is 11.9. The predicted octanol–water partition coefficient (Wildman–Crippen LogP) is 2.20. The fourth-order valence-electron chi connectivity index (χ4n) is 1.50. The topological polar surface area (TPSA) is 24.5 Å². The number of nitrogens with zero attached hydrogens (tertiary/aromatic N) is 1.